The molecule has 0 N–H and O–H groups in total. The van der Waals surface area contributed by atoms with Gasteiger partial charge in [-0.25, -0.2) is 0 Å². The summed E-state index contributed by atoms with van der Waals surface area (Å²) >= 11 is 0. The van der Waals surface area contributed by atoms with Crippen LogP contribution in [0.5, 0.6) is 0 Å². The maximum Gasteiger partial charge on any atom is 0.306 e. The summed E-state index contributed by atoms with van der Waals surface area (Å²) in [5, 5.41) is 0. The highest BCUT2D eigenvalue weighted by atomic mass is 16.6. The van der Waals surface area contributed by atoms with E-state index >= 15 is 0 Å². The molecule has 0 aliphatic rings. The first-order valence-corrected chi connectivity index (χ1v) is 32.7. The summed E-state index contributed by atoms with van der Waals surface area (Å²) in [5.74, 6) is -0.929. The van der Waals surface area contributed by atoms with Gasteiger partial charge in [0, 0.05) is 19.3 Å². The van der Waals surface area contributed by atoms with E-state index in [9.17, 15) is 14.4 Å². The van der Waals surface area contributed by atoms with Crippen molar-refractivity contribution in [2.24, 2.45) is 0 Å². The van der Waals surface area contributed by atoms with Gasteiger partial charge in [-0.2, -0.15) is 0 Å². The maximum absolute atomic E-state index is 12.8. The highest BCUT2D eigenvalue weighted by Gasteiger charge is 2.19. The molecule has 0 aromatic heterocycles. The molecule has 0 aliphatic carbocycles. The minimum Gasteiger partial charge on any atom is -0.462 e. The molecule has 0 heterocycles. The van der Waals surface area contributed by atoms with Gasteiger partial charge in [0.25, 0.3) is 0 Å². The molecular formula is C71H122O6. The highest BCUT2D eigenvalue weighted by Crippen LogP contribution is 2.17. The third kappa shape index (κ3) is 63.0. The van der Waals surface area contributed by atoms with Gasteiger partial charge in [-0.3, -0.25) is 14.4 Å². The van der Waals surface area contributed by atoms with E-state index in [-0.39, 0.29) is 31.1 Å². The lowest BCUT2D eigenvalue weighted by Crippen LogP contribution is -2.30. The second-order valence-electron chi connectivity index (χ2n) is 21.6. The Kier molecular flexibility index (Phi) is 61.8. The van der Waals surface area contributed by atoms with Crippen molar-refractivity contribution in [3.8, 4) is 0 Å². The number of esters is 3. The van der Waals surface area contributed by atoms with E-state index in [4.69, 9.17) is 14.2 Å². The third-order valence-electron chi connectivity index (χ3n) is 14.0. The van der Waals surface area contributed by atoms with Crippen LogP contribution < -0.4 is 0 Å². The van der Waals surface area contributed by atoms with Crippen molar-refractivity contribution in [2.45, 2.75) is 322 Å². The van der Waals surface area contributed by atoms with Crippen molar-refractivity contribution < 1.29 is 28.6 Å². The summed E-state index contributed by atoms with van der Waals surface area (Å²) in [6.07, 6.45) is 87.3. The lowest BCUT2D eigenvalue weighted by molar-refractivity contribution is -0.167. The Labute approximate surface area is 477 Å². The second kappa shape index (κ2) is 64.9. The van der Waals surface area contributed by atoms with Crippen molar-refractivity contribution in [3.63, 3.8) is 0 Å². The predicted octanol–water partition coefficient (Wildman–Crippen LogP) is 22.4. The minimum atomic E-state index is -0.798. The molecule has 0 saturated carbocycles. The van der Waals surface area contributed by atoms with E-state index in [1.54, 1.807) is 0 Å². The lowest BCUT2D eigenvalue weighted by Gasteiger charge is -2.18. The summed E-state index contributed by atoms with van der Waals surface area (Å²) < 4.78 is 16.8. The second-order valence-corrected chi connectivity index (χ2v) is 21.6. The molecule has 0 saturated heterocycles. The zero-order valence-electron chi connectivity index (χ0n) is 50.7. The molecule has 1 unspecified atom stereocenters. The van der Waals surface area contributed by atoms with Crippen LogP contribution in [0.15, 0.2) is 97.2 Å². The Balaban J connectivity index is 4.13. The molecule has 0 rings (SSSR count). The van der Waals surface area contributed by atoms with Crippen molar-refractivity contribution in [1.29, 1.82) is 0 Å². The number of ether oxygens (including phenoxy) is 3. The van der Waals surface area contributed by atoms with Crippen molar-refractivity contribution in [2.75, 3.05) is 13.2 Å². The average molecular weight is 1070 g/mol. The standard InChI is InChI=1S/C71H122O6/c1-4-7-10-13-16-19-22-25-26-27-28-29-30-31-32-33-34-35-36-37-38-39-40-41-42-43-44-47-49-52-55-58-61-64-70(73)76-67-68(77-71(74)65-62-59-56-53-50-46-24-21-18-15-12-9-6-3)66-75-69(72)63-60-57-54-51-48-45-23-20-17-14-11-8-5-2/h9,11-12,14,18,20-23,25,27-28,30-31,46,50,68H,4-8,10,13,15-17,19,24,26,29,32-45,47-49,51-67H2,1-3H3/b12-9-,14-11-,21-18-,23-20-,25-22-,28-27-,31-30-,50-46-. The van der Waals surface area contributed by atoms with Gasteiger partial charge in [0.05, 0.1) is 0 Å². The normalized spacial score (nSPS) is 12.7. The van der Waals surface area contributed by atoms with Crippen LogP contribution in [-0.2, 0) is 28.6 Å². The molecule has 0 fully saturated rings. The summed E-state index contributed by atoms with van der Waals surface area (Å²) in [4.78, 5) is 38.2. The van der Waals surface area contributed by atoms with E-state index < -0.39 is 6.10 Å². The average Bonchev–Trinajstić information content (AvgIpc) is 3.43. The van der Waals surface area contributed by atoms with Gasteiger partial charge in [0.2, 0.25) is 0 Å². The number of hydrogen-bond donors (Lipinski definition) is 0. The molecule has 77 heavy (non-hydrogen) atoms. The monoisotopic (exact) mass is 1070 g/mol. The quantitative estimate of drug-likeness (QED) is 0.0261. The van der Waals surface area contributed by atoms with Gasteiger partial charge in [-0.15, -0.1) is 0 Å². The number of unbranched alkanes of at least 4 members (excludes halogenated alkanes) is 32. The molecule has 0 aromatic carbocycles. The van der Waals surface area contributed by atoms with Crippen LogP contribution >= 0.6 is 0 Å². The van der Waals surface area contributed by atoms with E-state index in [0.29, 0.717) is 19.3 Å². The Morgan fingerprint density at radius 1 is 0.273 bits per heavy atom. The number of carbonyl (C=O) groups excluding carboxylic acids is 3. The van der Waals surface area contributed by atoms with E-state index in [2.05, 4.69) is 118 Å². The Morgan fingerprint density at radius 3 is 0.857 bits per heavy atom. The number of rotatable bonds is 59. The van der Waals surface area contributed by atoms with E-state index in [0.717, 1.165) is 128 Å². The fourth-order valence-electron chi connectivity index (χ4n) is 9.15. The molecule has 0 amide bonds. The van der Waals surface area contributed by atoms with Gasteiger partial charge in [-0.1, -0.05) is 279 Å². The molecule has 0 aromatic rings. The van der Waals surface area contributed by atoms with Crippen LogP contribution in [0, 0.1) is 0 Å². The fraction of sp³-hybridized carbons (Fsp3) is 0.732. The molecule has 6 nitrogen and oxygen atoms in total. The zero-order valence-corrected chi connectivity index (χ0v) is 50.7. The number of allylic oxidation sites excluding steroid dienone is 16. The van der Waals surface area contributed by atoms with Gasteiger partial charge in [-0.05, 0) is 116 Å². The lowest BCUT2D eigenvalue weighted by atomic mass is 10.0. The van der Waals surface area contributed by atoms with Crippen LogP contribution in [0.3, 0.4) is 0 Å². The van der Waals surface area contributed by atoms with Crippen LogP contribution in [0.2, 0.25) is 0 Å². The Bertz CT molecular complexity index is 1510. The Hall–Kier alpha value is -3.67. The predicted molar refractivity (Wildman–Crippen MR) is 334 cm³/mol. The van der Waals surface area contributed by atoms with Crippen LogP contribution in [0.4, 0.5) is 0 Å². The molecule has 0 aliphatic heterocycles. The third-order valence-corrected chi connectivity index (χ3v) is 14.0. The van der Waals surface area contributed by atoms with Gasteiger partial charge >= 0.3 is 17.9 Å². The summed E-state index contributed by atoms with van der Waals surface area (Å²) in [6, 6.07) is 0. The van der Waals surface area contributed by atoms with Gasteiger partial charge in [0.1, 0.15) is 13.2 Å². The van der Waals surface area contributed by atoms with Crippen molar-refractivity contribution in [1.82, 2.24) is 0 Å². The smallest absolute Gasteiger partial charge is 0.306 e. The first-order valence-electron chi connectivity index (χ1n) is 32.7. The van der Waals surface area contributed by atoms with E-state index in [1.165, 1.54) is 148 Å². The van der Waals surface area contributed by atoms with Crippen LogP contribution in [0.25, 0.3) is 0 Å². The van der Waals surface area contributed by atoms with Gasteiger partial charge in [0.15, 0.2) is 6.10 Å². The van der Waals surface area contributed by atoms with Crippen molar-refractivity contribution in [3.05, 3.63) is 97.2 Å². The first kappa shape index (κ1) is 73.3. The maximum atomic E-state index is 12.8. The highest BCUT2D eigenvalue weighted by molar-refractivity contribution is 5.71. The largest absolute Gasteiger partial charge is 0.462 e. The molecule has 1 atom stereocenters. The Morgan fingerprint density at radius 2 is 0.532 bits per heavy atom. The molecule has 0 radical (unpaired) electrons. The molecule has 0 bridgehead atoms. The fourth-order valence-corrected chi connectivity index (χ4v) is 9.15. The summed E-state index contributed by atoms with van der Waals surface area (Å²) in [7, 11) is 0. The number of carbonyl (C=O) groups is 3. The van der Waals surface area contributed by atoms with Crippen LogP contribution in [-0.4, -0.2) is 37.2 Å². The first-order chi connectivity index (χ1) is 38.0. The van der Waals surface area contributed by atoms with Crippen molar-refractivity contribution >= 4 is 17.9 Å². The minimum absolute atomic E-state index is 0.0923. The summed E-state index contributed by atoms with van der Waals surface area (Å²) in [6.45, 7) is 6.43. The molecule has 442 valence electrons. The topological polar surface area (TPSA) is 78.9 Å². The summed E-state index contributed by atoms with van der Waals surface area (Å²) in [5.41, 5.74) is 0. The molecular weight excluding hydrogens is 949 g/mol. The van der Waals surface area contributed by atoms with Crippen LogP contribution in [0.1, 0.15) is 316 Å². The molecule has 6 heteroatoms. The zero-order chi connectivity index (χ0) is 55.7. The number of hydrogen-bond acceptors (Lipinski definition) is 6. The molecule has 0 spiro atoms. The van der Waals surface area contributed by atoms with E-state index in [1.807, 2.05) is 0 Å². The van der Waals surface area contributed by atoms with Gasteiger partial charge < -0.3 is 14.2 Å². The SMILES string of the molecule is CC/C=C\C/C=C\C/C=C\CCCCCC(=O)OC(COC(=O)CCCCCCC/C=C\C/C=C\CCC)COC(=O)CCCCCCCCCCCCCCCCCCCC/C=C\C/C=C\C/C=C\CCCCCCC.